The molecule has 0 spiro atoms. The molecule has 29 heavy (non-hydrogen) atoms. The zero-order valence-electron chi connectivity index (χ0n) is 17.5. The van der Waals surface area contributed by atoms with Gasteiger partial charge in [0.15, 0.2) is 0 Å². The van der Waals surface area contributed by atoms with E-state index in [1.807, 2.05) is 6.92 Å². The van der Waals surface area contributed by atoms with Gasteiger partial charge in [0.25, 0.3) is 0 Å². The summed E-state index contributed by atoms with van der Waals surface area (Å²) in [5, 5.41) is 15.6. The first-order valence-corrected chi connectivity index (χ1v) is 10.8. The van der Waals surface area contributed by atoms with Gasteiger partial charge in [-0.25, -0.2) is 4.79 Å². The summed E-state index contributed by atoms with van der Waals surface area (Å²) in [6.45, 7) is 4.41. The number of likely N-dealkylation sites (tertiary alicyclic amines) is 1. The van der Waals surface area contributed by atoms with E-state index >= 15 is 0 Å². The first kappa shape index (κ1) is 21.4. The Hall–Kier alpha value is -2.34. The normalized spacial score (nSPS) is 23.8. The summed E-state index contributed by atoms with van der Waals surface area (Å²) >= 11 is 0. The number of carbonyl (C=O) groups is 2. The maximum Gasteiger partial charge on any atom is 0.314 e. The van der Waals surface area contributed by atoms with Gasteiger partial charge in [-0.05, 0) is 48.8 Å². The van der Waals surface area contributed by atoms with Gasteiger partial charge in [-0.1, -0.05) is 37.3 Å². The molecule has 1 heterocycles. The Morgan fingerprint density at radius 3 is 2.48 bits per heavy atom. The highest BCUT2D eigenvalue weighted by Gasteiger charge is 2.49. The maximum atomic E-state index is 12.1. The zero-order chi connectivity index (χ0) is 20.8. The Kier molecular flexibility index (Phi) is 7.31. The molecule has 0 radical (unpaired) electrons. The van der Waals surface area contributed by atoms with Crippen LogP contribution in [0.1, 0.15) is 63.0 Å². The van der Waals surface area contributed by atoms with Crippen molar-refractivity contribution in [3.63, 3.8) is 0 Å². The van der Waals surface area contributed by atoms with E-state index in [0.717, 1.165) is 24.8 Å². The van der Waals surface area contributed by atoms with Crippen LogP contribution in [0.2, 0.25) is 0 Å². The van der Waals surface area contributed by atoms with Crippen molar-refractivity contribution in [2.75, 3.05) is 19.7 Å². The molecule has 3 atom stereocenters. The number of hydrogen-bond donors (Lipinski definition) is 3. The first-order valence-electron chi connectivity index (χ1n) is 10.8. The van der Waals surface area contributed by atoms with Gasteiger partial charge in [0.05, 0.1) is 18.7 Å². The fourth-order valence-corrected chi connectivity index (χ4v) is 4.60. The quantitative estimate of drug-likeness (QED) is 0.659. The SMILES string of the molecule is CCCNC(=O)NC[C@H]1[C@@H](c2ccc(C3=CCCCC3)cc2)[C@H](CO)N1C(C)=O. The molecule has 3 amide bonds. The van der Waals surface area contributed by atoms with E-state index in [1.54, 1.807) is 4.90 Å². The highest BCUT2D eigenvalue weighted by molar-refractivity contribution is 5.77. The number of nitrogens with zero attached hydrogens (tertiary/aromatic N) is 1. The van der Waals surface area contributed by atoms with Gasteiger partial charge in [-0.2, -0.15) is 0 Å². The van der Waals surface area contributed by atoms with E-state index < -0.39 is 0 Å². The number of amides is 3. The van der Waals surface area contributed by atoms with Crippen molar-refractivity contribution in [2.24, 2.45) is 0 Å². The molecule has 2 aliphatic rings. The summed E-state index contributed by atoms with van der Waals surface area (Å²) in [4.78, 5) is 25.8. The average molecular weight is 400 g/mol. The Labute approximate surface area is 173 Å². The number of aliphatic hydroxyl groups is 1. The number of urea groups is 1. The van der Waals surface area contributed by atoms with Crippen molar-refractivity contribution >= 4 is 17.5 Å². The third-order valence-electron chi connectivity index (χ3n) is 6.06. The van der Waals surface area contributed by atoms with Gasteiger partial charge in [0, 0.05) is 25.9 Å². The van der Waals surface area contributed by atoms with Crippen LogP contribution in [-0.2, 0) is 4.79 Å². The highest BCUT2D eigenvalue weighted by Crippen LogP contribution is 2.41. The van der Waals surface area contributed by atoms with Gasteiger partial charge in [0.1, 0.15) is 0 Å². The number of aliphatic hydroxyl groups excluding tert-OH is 1. The van der Waals surface area contributed by atoms with Crippen molar-refractivity contribution in [3.05, 3.63) is 41.5 Å². The highest BCUT2D eigenvalue weighted by atomic mass is 16.3. The van der Waals surface area contributed by atoms with Crippen LogP contribution in [0.25, 0.3) is 5.57 Å². The van der Waals surface area contributed by atoms with Crippen molar-refractivity contribution in [1.29, 1.82) is 0 Å². The molecule has 6 heteroatoms. The molecular formula is C23H33N3O3. The summed E-state index contributed by atoms with van der Waals surface area (Å²) in [7, 11) is 0. The molecule has 1 aliphatic heterocycles. The molecule has 1 fully saturated rings. The molecular weight excluding hydrogens is 366 g/mol. The Bertz CT molecular complexity index is 744. The zero-order valence-corrected chi connectivity index (χ0v) is 17.5. The molecule has 158 valence electrons. The molecule has 3 N–H and O–H groups in total. The predicted molar refractivity (Wildman–Crippen MR) is 115 cm³/mol. The standard InChI is InChI=1S/C23H33N3O3/c1-3-13-24-23(29)25-14-20-22(21(15-27)26(20)16(2)28)19-11-9-18(10-12-19)17-7-5-4-6-8-17/h7,9-12,20-22,27H,3-6,8,13-15H2,1-2H3,(H2,24,25,29)/t20-,21-,22+/m0/s1. The van der Waals surface area contributed by atoms with Crippen LogP contribution >= 0.6 is 0 Å². The van der Waals surface area contributed by atoms with Gasteiger partial charge in [-0.15, -0.1) is 0 Å². The minimum Gasteiger partial charge on any atom is -0.394 e. The topological polar surface area (TPSA) is 81.7 Å². The predicted octanol–water partition coefficient (Wildman–Crippen LogP) is 3.03. The number of rotatable bonds is 7. The van der Waals surface area contributed by atoms with E-state index in [0.29, 0.717) is 13.1 Å². The molecule has 1 aromatic rings. The number of carbonyl (C=O) groups excluding carboxylic acids is 2. The molecule has 0 bridgehead atoms. The maximum absolute atomic E-state index is 12.1. The van der Waals surface area contributed by atoms with Gasteiger partial charge < -0.3 is 20.6 Å². The van der Waals surface area contributed by atoms with Gasteiger partial charge in [0.2, 0.25) is 5.91 Å². The minimum atomic E-state index is -0.252. The molecule has 3 rings (SSSR count). The third-order valence-corrected chi connectivity index (χ3v) is 6.06. The van der Waals surface area contributed by atoms with Crippen LogP contribution in [0.3, 0.4) is 0 Å². The first-order chi connectivity index (χ1) is 14.1. The second-order valence-electron chi connectivity index (χ2n) is 8.00. The minimum absolute atomic E-state index is 0.00441. The Balaban J connectivity index is 1.74. The van der Waals surface area contributed by atoms with Crippen LogP contribution in [0, 0.1) is 0 Å². The van der Waals surface area contributed by atoms with Crippen LogP contribution in [0.15, 0.2) is 30.3 Å². The fourth-order valence-electron chi connectivity index (χ4n) is 4.60. The second kappa shape index (κ2) is 9.92. The second-order valence-corrected chi connectivity index (χ2v) is 8.00. The van der Waals surface area contributed by atoms with Gasteiger partial charge >= 0.3 is 6.03 Å². The molecule has 1 saturated heterocycles. The van der Waals surface area contributed by atoms with E-state index in [4.69, 9.17) is 0 Å². The lowest BCUT2D eigenvalue weighted by molar-refractivity contribution is -0.147. The number of allylic oxidation sites excluding steroid dienone is 2. The largest absolute Gasteiger partial charge is 0.394 e. The van der Waals surface area contributed by atoms with E-state index in [2.05, 4.69) is 41.0 Å². The molecule has 6 nitrogen and oxygen atoms in total. The molecule has 0 aromatic heterocycles. The summed E-state index contributed by atoms with van der Waals surface area (Å²) in [5.41, 5.74) is 3.76. The Morgan fingerprint density at radius 1 is 1.14 bits per heavy atom. The molecule has 0 saturated carbocycles. The lowest BCUT2D eigenvalue weighted by atomic mass is 9.74. The monoisotopic (exact) mass is 399 g/mol. The van der Waals surface area contributed by atoms with Crippen LogP contribution in [0.4, 0.5) is 4.79 Å². The summed E-state index contributed by atoms with van der Waals surface area (Å²) in [6.07, 6.45) is 7.98. The smallest absolute Gasteiger partial charge is 0.314 e. The van der Waals surface area contributed by atoms with Crippen LogP contribution < -0.4 is 10.6 Å². The number of hydrogen-bond acceptors (Lipinski definition) is 3. The summed E-state index contributed by atoms with van der Waals surface area (Å²) in [5.74, 6) is -0.0743. The van der Waals surface area contributed by atoms with E-state index in [-0.39, 0.29) is 36.5 Å². The summed E-state index contributed by atoms with van der Waals surface area (Å²) < 4.78 is 0. The number of nitrogens with one attached hydrogen (secondary N) is 2. The fraction of sp³-hybridized carbons (Fsp3) is 0.565. The van der Waals surface area contributed by atoms with Crippen LogP contribution in [-0.4, -0.2) is 53.7 Å². The van der Waals surface area contributed by atoms with Crippen molar-refractivity contribution in [2.45, 2.75) is 64.0 Å². The van der Waals surface area contributed by atoms with E-state index in [9.17, 15) is 14.7 Å². The van der Waals surface area contributed by atoms with Crippen molar-refractivity contribution in [1.82, 2.24) is 15.5 Å². The molecule has 0 unspecified atom stereocenters. The lowest BCUT2D eigenvalue weighted by Gasteiger charge is -2.54. The Morgan fingerprint density at radius 2 is 1.90 bits per heavy atom. The average Bonchev–Trinajstić information content (AvgIpc) is 2.72. The molecule has 1 aromatic carbocycles. The van der Waals surface area contributed by atoms with Crippen LogP contribution in [0.5, 0.6) is 0 Å². The van der Waals surface area contributed by atoms with Crippen molar-refractivity contribution < 1.29 is 14.7 Å². The molecule has 1 aliphatic carbocycles. The summed E-state index contributed by atoms with van der Waals surface area (Å²) in [6, 6.07) is 7.89. The van der Waals surface area contributed by atoms with Crippen molar-refractivity contribution in [3.8, 4) is 0 Å². The lowest BCUT2D eigenvalue weighted by Crippen LogP contribution is -2.68. The number of benzene rings is 1. The van der Waals surface area contributed by atoms with Gasteiger partial charge in [-0.3, -0.25) is 4.79 Å². The third kappa shape index (κ3) is 4.81. The van der Waals surface area contributed by atoms with E-state index in [1.165, 1.54) is 30.9 Å².